The van der Waals surface area contributed by atoms with Gasteiger partial charge in [0.2, 0.25) is 5.95 Å². The number of aromatic amines is 1. The summed E-state index contributed by atoms with van der Waals surface area (Å²) in [7, 11) is 0. The van der Waals surface area contributed by atoms with Crippen LogP contribution in [0, 0.1) is 6.92 Å². The van der Waals surface area contributed by atoms with Crippen LogP contribution in [-0.4, -0.2) is 28.0 Å². The highest BCUT2D eigenvalue weighted by Crippen LogP contribution is 2.19. The van der Waals surface area contributed by atoms with E-state index >= 15 is 0 Å². The summed E-state index contributed by atoms with van der Waals surface area (Å²) in [6.07, 6.45) is 9.18. The molecular formula is C21H22N4O. The van der Waals surface area contributed by atoms with Crippen LogP contribution in [0.3, 0.4) is 0 Å². The molecule has 1 aliphatic heterocycles. The van der Waals surface area contributed by atoms with Gasteiger partial charge in [-0.2, -0.15) is 4.98 Å². The van der Waals surface area contributed by atoms with Gasteiger partial charge in [0.1, 0.15) is 0 Å². The lowest BCUT2D eigenvalue weighted by atomic mass is 10.1. The smallest absolute Gasteiger partial charge is 0.262 e. The molecule has 26 heavy (non-hydrogen) atoms. The topological polar surface area (TPSA) is 61.9 Å². The van der Waals surface area contributed by atoms with Gasteiger partial charge >= 0.3 is 0 Å². The predicted octanol–water partition coefficient (Wildman–Crippen LogP) is 3.79. The fourth-order valence-electron chi connectivity index (χ4n) is 3.43. The molecule has 3 heterocycles. The number of nitrogens with zero attached hydrogens (tertiary/aromatic N) is 3. The van der Waals surface area contributed by atoms with Crippen LogP contribution in [0.5, 0.6) is 0 Å². The Kier molecular flexibility index (Phi) is 4.52. The number of H-pyrrole nitrogens is 1. The van der Waals surface area contributed by atoms with Gasteiger partial charge in [-0.15, -0.1) is 0 Å². The lowest BCUT2D eigenvalue weighted by molar-refractivity contribution is 0.568. The molecule has 5 heteroatoms. The van der Waals surface area contributed by atoms with Gasteiger partial charge in [0.05, 0.1) is 5.39 Å². The summed E-state index contributed by atoms with van der Waals surface area (Å²) < 4.78 is 0. The van der Waals surface area contributed by atoms with Crippen molar-refractivity contribution in [2.75, 3.05) is 18.0 Å². The Labute approximate surface area is 152 Å². The zero-order chi connectivity index (χ0) is 17.9. The largest absolute Gasteiger partial charge is 0.342 e. The van der Waals surface area contributed by atoms with Crippen molar-refractivity contribution in [3.8, 4) is 0 Å². The molecular weight excluding hydrogens is 324 g/mol. The number of pyridine rings is 1. The molecule has 0 saturated carbocycles. The van der Waals surface area contributed by atoms with Crippen molar-refractivity contribution in [2.45, 2.75) is 26.2 Å². The van der Waals surface area contributed by atoms with Crippen molar-refractivity contribution in [3.63, 3.8) is 0 Å². The van der Waals surface area contributed by atoms with Crippen molar-refractivity contribution in [1.29, 1.82) is 0 Å². The summed E-state index contributed by atoms with van der Waals surface area (Å²) in [4.78, 5) is 26.8. The van der Waals surface area contributed by atoms with Crippen LogP contribution in [0.15, 0.2) is 41.3 Å². The number of nitrogens with one attached hydrogen (secondary N) is 1. The molecule has 1 N–H and O–H groups in total. The molecule has 0 spiro atoms. The first-order chi connectivity index (χ1) is 12.7. The molecule has 1 fully saturated rings. The van der Waals surface area contributed by atoms with E-state index in [9.17, 15) is 4.79 Å². The second-order valence-corrected chi connectivity index (χ2v) is 6.78. The molecule has 0 amide bonds. The predicted molar refractivity (Wildman–Crippen MR) is 106 cm³/mol. The maximum Gasteiger partial charge on any atom is 0.262 e. The Morgan fingerprint density at radius 2 is 1.96 bits per heavy atom. The van der Waals surface area contributed by atoms with Gasteiger partial charge in [0.25, 0.3) is 5.56 Å². The third-order valence-corrected chi connectivity index (χ3v) is 4.78. The third kappa shape index (κ3) is 3.38. The molecule has 3 aromatic rings. The molecule has 0 radical (unpaired) electrons. The summed E-state index contributed by atoms with van der Waals surface area (Å²) >= 11 is 0. The highest BCUT2D eigenvalue weighted by Gasteiger charge is 2.15. The summed E-state index contributed by atoms with van der Waals surface area (Å²) in [5.41, 5.74) is 3.51. The quantitative estimate of drug-likeness (QED) is 0.784. The molecule has 0 unspecified atom stereocenters. The first kappa shape index (κ1) is 16.5. The van der Waals surface area contributed by atoms with Crippen LogP contribution in [0.1, 0.15) is 36.0 Å². The minimum atomic E-state index is -0.132. The van der Waals surface area contributed by atoms with E-state index in [0.29, 0.717) is 17.0 Å². The van der Waals surface area contributed by atoms with Crippen LogP contribution in [0.2, 0.25) is 0 Å². The van der Waals surface area contributed by atoms with Crippen molar-refractivity contribution >= 4 is 29.1 Å². The van der Waals surface area contributed by atoms with E-state index in [2.05, 4.69) is 38.9 Å². The molecule has 0 bridgehead atoms. The molecule has 0 atom stereocenters. The molecule has 4 rings (SSSR count). The van der Waals surface area contributed by atoms with E-state index in [0.717, 1.165) is 37.1 Å². The van der Waals surface area contributed by atoms with Crippen molar-refractivity contribution in [2.24, 2.45) is 0 Å². The number of rotatable bonds is 3. The number of fused-ring (bicyclic) bond motifs is 1. The van der Waals surface area contributed by atoms with Crippen LogP contribution < -0.4 is 10.5 Å². The van der Waals surface area contributed by atoms with Crippen LogP contribution >= 0.6 is 0 Å². The van der Waals surface area contributed by atoms with Gasteiger partial charge in [-0.3, -0.25) is 9.78 Å². The van der Waals surface area contributed by atoms with Crippen LogP contribution in [0.4, 0.5) is 5.95 Å². The summed E-state index contributed by atoms with van der Waals surface area (Å²) in [6, 6.07) is 10.1. The lowest BCUT2D eigenvalue weighted by Gasteiger charge is -2.26. The van der Waals surface area contributed by atoms with Crippen LogP contribution in [-0.2, 0) is 0 Å². The Balaban J connectivity index is 1.73. The number of benzene rings is 1. The maximum atomic E-state index is 12.7. The van der Waals surface area contributed by atoms with Crippen LogP contribution in [0.25, 0.3) is 23.2 Å². The highest BCUT2D eigenvalue weighted by molar-refractivity contribution is 5.88. The standard InChI is InChI=1S/C21H22N4O/c1-15-6-5-7-16(14-15)8-9-17-10-11-22-19-18(17)20(26)24-21(23-19)25-12-3-2-4-13-25/h5-11,14H,2-4,12-13H2,1H3,(H,22,23,24,26)/b9-8+. The van der Waals surface area contributed by atoms with Gasteiger partial charge in [0, 0.05) is 19.3 Å². The van der Waals surface area contributed by atoms with Gasteiger partial charge in [-0.25, -0.2) is 4.98 Å². The molecule has 1 aliphatic rings. The third-order valence-electron chi connectivity index (χ3n) is 4.78. The number of anilines is 1. The second-order valence-electron chi connectivity index (χ2n) is 6.78. The van der Waals surface area contributed by atoms with Crippen molar-refractivity contribution in [1.82, 2.24) is 15.0 Å². The SMILES string of the molecule is Cc1cccc(/C=C/c2ccnc3nc(N4CCCCC4)[nH]c(=O)c23)c1. The first-order valence-corrected chi connectivity index (χ1v) is 9.09. The van der Waals surface area contributed by atoms with E-state index in [1.54, 1.807) is 6.20 Å². The van der Waals surface area contributed by atoms with Crippen molar-refractivity contribution in [3.05, 3.63) is 63.6 Å². The van der Waals surface area contributed by atoms with Gasteiger partial charge in [-0.05, 0) is 43.4 Å². The fraction of sp³-hybridized carbons (Fsp3) is 0.286. The monoisotopic (exact) mass is 346 g/mol. The number of piperidine rings is 1. The number of aryl methyl sites for hydroxylation is 1. The molecule has 132 valence electrons. The first-order valence-electron chi connectivity index (χ1n) is 9.09. The van der Waals surface area contributed by atoms with E-state index in [4.69, 9.17) is 0 Å². The van der Waals surface area contributed by atoms with Crippen molar-refractivity contribution < 1.29 is 0 Å². The molecule has 1 saturated heterocycles. The number of hydrogen-bond acceptors (Lipinski definition) is 4. The Bertz CT molecular complexity index is 1020. The average molecular weight is 346 g/mol. The summed E-state index contributed by atoms with van der Waals surface area (Å²) in [6.45, 7) is 3.93. The number of aromatic nitrogens is 3. The average Bonchev–Trinajstić information content (AvgIpc) is 2.67. The van der Waals surface area contributed by atoms with E-state index in [1.165, 1.54) is 12.0 Å². The van der Waals surface area contributed by atoms with E-state index < -0.39 is 0 Å². The normalized spacial score (nSPS) is 15.0. The number of hydrogen-bond donors (Lipinski definition) is 1. The zero-order valence-electron chi connectivity index (χ0n) is 14.9. The van der Waals surface area contributed by atoms with Gasteiger partial charge in [0.15, 0.2) is 5.65 Å². The molecule has 1 aromatic carbocycles. The van der Waals surface area contributed by atoms with E-state index in [-0.39, 0.29) is 5.56 Å². The Morgan fingerprint density at radius 1 is 1.12 bits per heavy atom. The van der Waals surface area contributed by atoms with E-state index in [1.807, 2.05) is 30.4 Å². The molecule has 5 nitrogen and oxygen atoms in total. The second kappa shape index (κ2) is 7.12. The minimum absolute atomic E-state index is 0.132. The fourth-order valence-corrected chi connectivity index (χ4v) is 3.43. The summed E-state index contributed by atoms with van der Waals surface area (Å²) in [5.74, 6) is 0.634. The maximum absolute atomic E-state index is 12.7. The highest BCUT2D eigenvalue weighted by atomic mass is 16.1. The Morgan fingerprint density at radius 3 is 2.77 bits per heavy atom. The zero-order valence-corrected chi connectivity index (χ0v) is 14.9. The minimum Gasteiger partial charge on any atom is -0.342 e. The molecule has 2 aromatic heterocycles. The molecule has 0 aliphatic carbocycles. The lowest BCUT2D eigenvalue weighted by Crippen LogP contribution is -2.32. The Hall–Kier alpha value is -2.95. The summed E-state index contributed by atoms with van der Waals surface area (Å²) in [5, 5.41) is 0.539. The van der Waals surface area contributed by atoms with Gasteiger partial charge in [-0.1, -0.05) is 42.0 Å². The van der Waals surface area contributed by atoms with Gasteiger partial charge < -0.3 is 4.90 Å².